The molecule has 3 N–H and O–H groups in total. The van der Waals surface area contributed by atoms with Crippen molar-refractivity contribution in [3.05, 3.63) is 60.3 Å². The Labute approximate surface area is 204 Å². The number of H-pyrrole nitrogens is 1. The van der Waals surface area contributed by atoms with Crippen molar-refractivity contribution in [2.45, 2.75) is 38.1 Å². The minimum absolute atomic E-state index is 0.181. The summed E-state index contributed by atoms with van der Waals surface area (Å²) >= 11 is 0. The van der Waals surface area contributed by atoms with Gasteiger partial charge in [-0.2, -0.15) is 10.2 Å². The molecule has 182 valence electrons. The van der Waals surface area contributed by atoms with Gasteiger partial charge in [-0.05, 0) is 63.2 Å². The van der Waals surface area contributed by atoms with E-state index in [9.17, 15) is 8.42 Å². The van der Waals surface area contributed by atoms with Crippen LogP contribution in [-0.2, 0) is 10.0 Å². The normalized spacial score (nSPS) is 11.9. The molecule has 0 spiro atoms. The Balaban J connectivity index is 1.61. The number of tetrazole rings is 1. The fourth-order valence-electron chi connectivity index (χ4n) is 3.43. The highest BCUT2D eigenvalue weighted by atomic mass is 32.2. The lowest BCUT2D eigenvalue weighted by atomic mass is 10.1. The van der Waals surface area contributed by atoms with E-state index in [1.165, 1.54) is 0 Å². The zero-order valence-corrected chi connectivity index (χ0v) is 20.9. The number of sulfonamides is 1. The van der Waals surface area contributed by atoms with Crippen LogP contribution in [0.1, 0.15) is 26.3 Å². The maximum atomic E-state index is 12.8. The molecule has 0 fully saturated rings. The van der Waals surface area contributed by atoms with Gasteiger partial charge in [0.2, 0.25) is 21.8 Å². The average Bonchev–Trinajstić information content (AvgIpc) is 3.34. The highest BCUT2D eigenvalue weighted by molar-refractivity contribution is 7.89. The number of aryl methyl sites for hydroxylation is 1. The molecule has 4 aromatic rings. The zero-order valence-electron chi connectivity index (χ0n) is 20.1. The maximum absolute atomic E-state index is 12.8. The second-order valence-electron chi connectivity index (χ2n) is 9.05. The van der Waals surface area contributed by atoms with Crippen molar-refractivity contribution in [3.63, 3.8) is 0 Å². The first-order valence-corrected chi connectivity index (χ1v) is 12.3. The minimum atomic E-state index is -3.68. The molecule has 12 heteroatoms. The number of nitrogens with one attached hydrogen (secondary N) is 3. The van der Waals surface area contributed by atoms with Crippen LogP contribution in [-0.4, -0.2) is 51.6 Å². The quantitative estimate of drug-likeness (QED) is 0.352. The number of benzene rings is 2. The Morgan fingerprint density at radius 2 is 1.83 bits per heavy atom. The van der Waals surface area contributed by atoms with Gasteiger partial charge in [-0.15, -0.1) is 10.2 Å². The van der Waals surface area contributed by atoms with Gasteiger partial charge in [0.1, 0.15) is 5.82 Å². The number of hydrogen-bond donors (Lipinski definition) is 3. The van der Waals surface area contributed by atoms with Gasteiger partial charge in [0.15, 0.2) is 0 Å². The third-order valence-electron chi connectivity index (χ3n) is 4.94. The molecule has 4 rings (SSSR count). The monoisotopic (exact) mass is 493 g/mol. The summed E-state index contributed by atoms with van der Waals surface area (Å²) in [5.41, 5.74) is 2.46. The van der Waals surface area contributed by atoms with Gasteiger partial charge in [0.05, 0.1) is 4.90 Å². The molecule has 2 aromatic carbocycles. The molecule has 0 saturated heterocycles. The van der Waals surface area contributed by atoms with Crippen molar-refractivity contribution in [2.75, 3.05) is 17.3 Å². The molecular weight excluding hydrogens is 466 g/mol. The van der Waals surface area contributed by atoms with Gasteiger partial charge in [0, 0.05) is 41.3 Å². The number of aromatic amines is 1. The Morgan fingerprint density at radius 3 is 2.54 bits per heavy atom. The highest BCUT2D eigenvalue weighted by Crippen LogP contribution is 2.28. The van der Waals surface area contributed by atoms with Crippen LogP contribution in [0.25, 0.3) is 11.4 Å². The molecule has 0 amide bonds. The SMILES string of the molecule is Cc1cnc(Nc2cccc(-c3nn[nH]n3)c2)nc1N(C)c1cccc(S(=O)(=O)NC(C)(C)C)c1. The fraction of sp³-hybridized carbons (Fsp3) is 0.261. The van der Waals surface area contributed by atoms with E-state index in [2.05, 4.69) is 40.6 Å². The number of hydrogen-bond acceptors (Lipinski definition) is 9. The average molecular weight is 494 g/mol. The van der Waals surface area contributed by atoms with Crippen LogP contribution in [0.4, 0.5) is 23.1 Å². The summed E-state index contributed by atoms with van der Waals surface area (Å²) in [6.07, 6.45) is 1.71. The first-order valence-electron chi connectivity index (χ1n) is 10.8. The van der Waals surface area contributed by atoms with E-state index in [4.69, 9.17) is 0 Å². The molecule has 0 aliphatic rings. The number of nitrogens with zero attached hydrogens (tertiary/aromatic N) is 6. The van der Waals surface area contributed by atoms with Crippen LogP contribution in [0.5, 0.6) is 0 Å². The fourth-order valence-corrected chi connectivity index (χ4v) is 4.88. The summed E-state index contributed by atoms with van der Waals surface area (Å²) in [5.74, 6) is 1.51. The van der Waals surface area contributed by atoms with E-state index < -0.39 is 15.6 Å². The molecule has 11 nitrogen and oxygen atoms in total. The largest absolute Gasteiger partial charge is 0.329 e. The van der Waals surface area contributed by atoms with E-state index in [1.54, 1.807) is 45.2 Å². The predicted octanol–water partition coefficient (Wildman–Crippen LogP) is 3.55. The molecule has 0 aliphatic carbocycles. The van der Waals surface area contributed by atoms with Gasteiger partial charge in [-0.3, -0.25) is 0 Å². The molecule has 0 atom stereocenters. The standard InChI is InChI=1S/C23H27N9O2S/c1-15-14-24-22(25-17-9-6-8-16(12-17)20-27-30-31-28-20)26-21(15)32(5)18-10-7-11-19(13-18)35(33,34)29-23(2,3)4/h6-14,29H,1-5H3,(H,24,25,26)(H,27,28,30,31). The van der Waals surface area contributed by atoms with Crippen molar-refractivity contribution in [3.8, 4) is 11.4 Å². The van der Waals surface area contributed by atoms with Crippen LogP contribution in [0.2, 0.25) is 0 Å². The Kier molecular flexibility index (Phi) is 6.50. The van der Waals surface area contributed by atoms with E-state index >= 15 is 0 Å². The van der Waals surface area contributed by atoms with Crippen molar-refractivity contribution in [1.29, 1.82) is 0 Å². The van der Waals surface area contributed by atoms with Crippen LogP contribution in [0.3, 0.4) is 0 Å². The third-order valence-corrected chi connectivity index (χ3v) is 6.70. The van der Waals surface area contributed by atoms with E-state index in [0.29, 0.717) is 23.3 Å². The summed E-state index contributed by atoms with van der Waals surface area (Å²) in [6, 6.07) is 14.2. The lowest BCUT2D eigenvalue weighted by Gasteiger charge is -2.23. The maximum Gasteiger partial charge on any atom is 0.241 e. The van der Waals surface area contributed by atoms with Gasteiger partial charge in [-0.1, -0.05) is 18.2 Å². The molecule has 0 unspecified atom stereocenters. The topological polar surface area (TPSA) is 142 Å². The second kappa shape index (κ2) is 9.39. The van der Waals surface area contributed by atoms with E-state index in [-0.39, 0.29) is 4.90 Å². The summed E-state index contributed by atoms with van der Waals surface area (Å²) in [4.78, 5) is 11.1. The number of aromatic nitrogens is 6. The lowest BCUT2D eigenvalue weighted by molar-refractivity contribution is 0.491. The Morgan fingerprint density at radius 1 is 1.06 bits per heavy atom. The highest BCUT2D eigenvalue weighted by Gasteiger charge is 2.23. The van der Waals surface area contributed by atoms with Crippen LogP contribution in [0.15, 0.2) is 59.6 Å². The summed E-state index contributed by atoms with van der Waals surface area (Å²) in [7, 11) is -1.84. The van der Waals surface area contributed by atoms with Gasteiger partial charge < -0.3 is 10.2 Å². The van der Waals surface area contributed by atoms with Crippen LogP contribution in [0, 0.1) is 6.92 Å². The molecular formula is C23H27N9O2S. The van der Waals surface area contributed by atoms with Gasteiger partial charge >= 0.3 is 0 Å². The van der Waals surface area contributed by atoms with Crippen molar-refractivity contribution in [1.82, 2.24) is 35.3 Å². The van der Waals surface area contributed by atoms with Crippen LogP contribution < -0.4 is 14.9 Å². The van der Waals surface area contributed by atoms with Gasteiger partial charge in [-0.25, -0.2) is 18.1 Å². The smallest absolute Gasteiger partial charge is 0.241 e. The molecule has 0 radical (unpaired) electrons. The Hall–Kier alpha value is -3.90. The molecule has 0 bridgehead atoms. The lowest BCUT2D eigenvalue weighted by Crippen LogP contribution is -2.40. The first-order chi connectivity index (χ1) is 16.5. The third kappa shape index (κ3) is 5.78. The summed E-state index contributed by atoms with van der Waals surface area (Å²) < 4.78 is 28.3. The second-order valence-corrected chi connectivity index (χ2v) is 10.7. The Bertz CT molecular complexity index is 1430. The number of anilines is 4. The van der Waals surface area contributed by atoms with Crippen molar-refractivity contribution >= 4 is 33.2 Å². The molecule has 2 heterocycles. The van der Waals surface area contributed by atoms with E-state index in [0.717, 1.165) is 16.8 Å². The molecule has 35 heavy (non-hydrogen) atoms. The zero-order chi connectivity index (χ0) is 25.2. The molecule has 0 saturated carbocycles. The predicted molar refractivity (Wildman–Crippen MR) is 134 cm³/mol. The molecule has 2 aromatic heterocycles. The number of rotatable bonds is 7. The summed E-state index contributed by atoms with van der Waals surface area (Å²) in [5, 5.41) is 17.2. The van der Waals surface area contributed by atoms with Crippen molar-refractivity contribution < 1.29 is 8.42 Å². The van der Waals surface area contributed by atoms with Gasteiger partial charge in [0.25, 0.3) is 0 Å². The first kappa shape index (κ1) is 24.2. The van der Waals surface area contributed by atoms with Crippen molar-refractivity contribution in [2.24, 2.45) is 0 Å². The summed E-state index contributed by atoms with van der Waals surface area (Å²) in [6.45, 7) is 7.31. The minimum Gasteiger partial charge on any atom is -0.329 e. The molecule has 0 aliphatic heterocycles. The van der Waals surface area contributed by atoms with E-state index in [1.807, 2.05) is 49.2 Å². The van der Waals surface area contributed by atoms with Crippen LogP contribution >= 0.6 is 0 Å².